The van der Waals surface area contributed by atoms with Gasteiger partial charge in [0, 0.05) is 36.1 Å². The topological polar surface area (TPSA) is 98.5 Å². The second-order valence-electron chi connectivity index (χ2n) is 7.20. The van der Waals surface area contributed by atoms with Gasteiger partial charge in [-0.2, -0.15) is 4.98 Å². The Morgan fingerprint density at radius 2 is 2.12 bits per heavy atom. The van der Waals surface area contributed by atoms with Crippen molar-refractivity contribution in [2.24, 2.45) is 0 Å². The molecule has 3 aromatic heterocycles. The summed E-state index contributed by atoms with van der Waals surface area (Å²) in [6.45, 7) is 4.88. The molecule has 172 valence electrons. The molecule has 3 heterocycles. The first-order valence-electron chi connectivity index (χ1n) is 10.3. The quantitative estimate of drug-likeness (QED) is 0.363. The molecule has 0 aliphatic carbocycles. The number of pyridine rings is 1. The summed E-state index contributed by atoms with van der Waals surface area (Å²) in [5.41, 5.74) is 2.72. The van der Waals surface area contributed by atoms with Gasteiger partial charge >= 0.3 is 5.97 Å². The van der Waals surface area contributed by atoms with Crippen LogP contribution in [-0.4, -0.2) is 45.9 Å². The van der Waals surface area contributed by atoms with Crippen molar-refractivity contribution in [3.63, 3.8) is 0 Å². The maximum absolute atomic E-state index is 14.5. The monoisotopic (exact) mass is 470 g/mol. The number of fused-ring (bicyclic) bond motifs is 1. The maximum Gasteiger partial charge on any atom is 0.353 e. The Kier molecular flexibility index (Phi) is 6.45. The highest BCUT2D eigenvalue weighted by molar-refractivity contribution is 7.17. The van der Waals surface area contributed by atoms with Gasteiger partial charge in [-0.1, -0.05) is 0 Å². The van der Waals surface area contributed by atoms with Crippen molar-refractivity contribution in [1.82, 2.24) is 14.5 Å². The Morgan fingerprint density at radius 1 is 1.30 bits per heavy atom. The highest BCUT2D eigenvalue weighted by Gasteiger charge is 2.20. The van der Waals surface area contributed by atoms with E-state index in [1.54, 1.807) is 38.4 Å². The number of nitrogens with one attached hydrogen (secondary N) is 1. The molecule has 0 saturated carbocycles. The number of ether oxygens (including phenoxy) is 2. The van der Waals surface area contributed by atoms with E-state index in [4.69, 9.17) is 9.47 Å². The molecule has 4 aromatic rings. The molecule has 0 atom stereocenters. The minimum atomic E-state index is -0.619. The molecule has 4 rings (SSSR count). The van der Waals surface area contributed by atoms with Gasteiger partial charge in [0.2, 0.25) is 5.88 Å². The van der Waals surface area contributed by atoms with Gasteiger partial charge in [0.25, 0.3) is 0 Å². The van der Waals surface area contributed by atoms with E-state index in [0.29, 0.717) is 35.1 Å². The summed E-state index contributed by atoms with van der Waals surface area (Å²) in [7, 11) is 1.57. The molecule has 0 aliphatic rings. The number of hydrogen-bond acceptors (Lipinski definition) is 8. The van der Waals surface area contributed by atoms with Crippen LogP contribution in [0.2, 0.25) is 0 Å². The number of carbonyl (C=O) groups is 1. The summed E-state index contributed by atoms with van der Waals surface area (Å²) < 4.78 is 26.8. The molecule has 0 saturated heterocycles. The van der Waals surface area contributed by atoms with Crippen molar-refractivity contribution in [3.8, 4) is 22.3 Å². The van der Waals surface area contributed by atoms with Crippen LogP contribution in [0.15, 0.2) is 36.5 Å². The molecule has 10 heteroatoms. The van der Waals surface area contributed by atoms with Crippen LogP contribution in [0, 0.1) is 12.7 Å². The second kappa shape index (κ2) is 9.45. The number of benzene rings is 1. The lowest BCUT2D eigenvalue weighted by Crippen LogP contribution is -2.12. The number of rotatable bonds is 8. The third-order valence-corrected chi connectivity index (χ3v) is 6.16. The average Bonchev–Trinajstić information content (AvgIpc) is 3.35. The van der Waals surface area contributed by atoms with Gasteiger partial charge in [0.1, 0.15) is 22.3 Å². The van der Waals surface area contributed by atoms with Gasteiger partial charge in [0.05, 0.1) is 19.2 Å². The van der Waals surface area contributed by atoms with Crippen LogP contribution in [0.4, 0.5) is 10.1 Å². The zero-order chi connectivity index (χ0) is 23.5. The largest absolute Gasteiger partial charge is 0.496 e. The number of aromatic nitrogens is 3. The molecule has 0 aliphatic heterocycles. The number of aromatic hydroxyl groups is 1. The van der Waals surface area contributed by atoms with Gasteiger partial charge in [-0.05, 0) is 44.2 Å². The fraction of sp³-hybridized carbons (Fsp3) is 0.261. The molecule has 0 fully saturated rings. The number of carbonyl (C=O) groups excluding carboxylic acids is 1. The molecule has 0 unspecified atom stereocenters. The first-order valence-corrected chi connectivity index (χ1v) is 11.1. The number of aryl methyl sites for hydroxylation is 1. The highest BCUT2D eigenvalue weighted by Crippen LogP contribution is 2.33. The fourth-order valence-electron chi connectivity index (χ4n) is 3.63. The summed E-state index contributed by atoms with van der Waals surface area (Å²) in [6, 6.07) is 8.53. The van der Waals surface area contributed by atoms with Crippen molar-refractivity contribution >= 4 is 33.9 Å². The van der Waals surface area contributed by atoms with Crippen molar-refractivity contribution in [3.05, 3.63) is 52.9 Å². The Morgan fingerprint density at radius 3 is 2.88 bits per heavy atom. The van der Waals surface area contributed by atoms with Gasteiger partial charge in [-0.3, -0.25) is 4.98 Å². The predicted octanol–water partition coefficient (Wildman–Crippen LogP) is 4.61. The SMILES string of the molecule is CCOC(=O)c1sc(-c2cc(NCCn3c(C)cc4c(OC)ccc(F)c43)ccn2)nc1O. The summed E-state index contributed by atoms with van der Waals surface area (Å²) in [4.78, 5) is 20.3. The predicted molar refractivity (Wildman–Crippen MR) is 125 cm³/mol. The van der Waals surface area contributed by atoms with Crippen LogP contribution in [0.5, 0.6) is 11.6 Å². The molecule has 1 aromatic carbocycles. The molecule has 0 radical (unpaired) electrons. The first kappa shape index (κ1) is 22.5. The van der Waals surface area contributed by atoms with E-state index in [-0.39, 0.29) is 23.2 Å². The smallest absolute Gasteiger partial charge is 0.353 e. The lowest BCUT2D eigenvalue weighted by atomic mass is 10.2. The second-order valence-corrected chi connectivity index (χ2v) is 8.20. The van der Waals surface area contributed by atoms with Crippen LogP contribution in [0.1, 0.15) is 22.3 Å². The van der Waals surface area contributed by atoms with Gasteiger partial charge < -0.3 is 24.5 Å². The number of thiazole rings is 1. The summed E-state index contributed by atoms with van der Waals surface area (Å²) >= 11 is 1.02. The van der Waals surface area contributed by atoms with Gasteiger partial charge in [-0.15, -0.1) is 11.3 Å². The standard InChI is InChI=1S/C23H23FN4O4S/c1-4-32-23(30)20-21(29)27-22(33-20)17-12-14(7-8-26-17)25-9-10-28-13(2)11-15-18(31-3)6-5-16(24)19(15)28/h5-8,11-12,29H,4,9-10H2,1-3H3,(H,25,26). The molecular formula is C23H23FN4O4S. The average molecular weight is 471 g/mol. The molecule has 2 N–H and O–H groups in total. The maximum atomic E-state index is 14.5. The molecular weight excluding hydrogens is 447 g/mol. The highest BCUT2D eigenvalue weighted by atomic mass is 32.1. The van der Waals surface area contributed by atoms with Crippen molar-refractivity contribution in [1.29, 1.82) is 0 Å². The molecule has 0 spiro atoms. The van der Waals surface area contributed by atoms with Crippen molar-refractivity contribution in [2.45, 2.75) is 20.4 Å². The van der Waals surface area contributed by atoms with Crippen LogP contribution in [-0.2, 0) is 11.3 Å². The molecule has 33 heavy (non-hydrogen) atoms. The van der Waals surface area contributed by atoms with Gasteiger partial charge in [-0.25, -0.2) is 9.18 Å². The zero-order valence-electron chi connectivity index (χ0n) is 18.4. The Hall–Kier alpha value is -3.66. The number of nitrogens with zero attached hydrogens (tertiary/aromatic N) is 3. The summed E-state index contributed by atoms with van der Waals surface area (Å²) in [5.74, 6) is -0.660. The number of methoxy groups -OCH3 is 1. The van der Waals surface area contributed by atoms with Gasteiger partial charge in [0.15, 0.2) is 4.88 Å². The molecule has 0 amide bonds. The Labute approximate surface area is 193 Å². The number of halogens is 1. The summed E-state index contributed by atoms with van der Waals surface area (Å²) in [6.07, 6.45) is 1.61. The van der Waals surface area contributed by atoms with E-state index in [1.807, 2.05) is 17.6 Å². The lowest BCUT2D eigenvalue weighted by molar-refractivity contribution is 0.0528. The molecule has 8 nitrogen and oxygen atoms in total. The number of hydrogen-bond donors (Lipinski definition) is 2. The summed E-state index contributed by atoms with van der Waals surface area (Å²) in [5, 5.41) is 14.4. The van der Waals surface area contributed by atoms with E-state index in [1.165, 1.54) is 6.07 Å². The van der Waals surface area contributed by atoms with E-state index < -0.39 is 5.97 Å². The third kappa shape index (κ3) is 4.47. The van der Waals surface area contributed by atoms with Crippen LogP contribution in [0.25, 0.3) is 21.6 Å². The Bertz CT molecular complexity index is 1320. The van der Waals surface area contributed by atoms with Crippen LogP contribution < -0.4 is 10.1 Å². The zero-order valence-corrected chi connectivity index (χ0v) is 19.2. The Balaban J connectivity index is 1.50. The minimum Gasteiger partial charge on any atom is -0.496 e. The fourth-order valence-corrected chi connectivity index (χ4v) is 4.45. The van der Waals surface area contributed by atoms with Crippen LogP contribution >= 0.6 is 11.3 Å². The number of esters is 1. The van der Waals surface area contributed by atoms with Crippen molar-refractivity contribution in [2.75, 3.05) is 25.6 Å². The van der Waals surface area contributed by atoms with E-state index >= 15 is 0 Å². The van der Waals surface area contributed by atoms with E-state index in [9.17, 15) is 14.3 Å². The third-order valence-electron chi connectivity index (χ3n) is 5.11. The van der Waals surface area contributed by atoms with Crippen molar-refractivity contribution < 1.29 is 23.8 Å². The lowest BCUT2D eigenvalue weighted by Gasteiger charge is -2.12. The first-order chi connectivity index (χ1) is 15.9. The minimum absolute atomic E-state index is 0.0411. The molecule has 0 bridgehead atoms. The normalized spacial score (nSPS) is 11.0. The van der Waals surface area contributed by atoms with Crippen LogP contribution in [0.3, 0.4) is 0 Å². The van der Waals surface area contributed by atoms with E-state index in [2.05, 4.69) is 15.3 Å². The van der Waals surface area contributed by atoms with E-state index in [0.717, 1.165) is 28.1 Å². The number of anilines is 1.